The Kier molecular flexibility index (Phi) is 7.51. The second-order valence-corrected chi connectivity index (χ2v) is 10.2. The summed E-state index contributed by atoms with van der Waals surface area (Å²) in [7, 11) is 1.66. The molecule has 41 heavy (non-hydrogen) atoms. The number of nitrogens with one attached hydrogen (secondary N) is 3. The molecule has 0 aliphatic heterocycles. The van der Waals surface area contributed by atoms with Crippen LogP contribution in [0, 0.1) is 0 Å². The Morgan fingerprint density at radius 2 is 1.56 bits per heavy atom. The van der Waals surface area contributed by atoms with Gasteiger partial charge in [0, 0.05) is 47.0 Å². The molecule has 0 saturated heterocycles. The molecule has 208 valence electrons. The fraction of sp³-hybridized carbons (Fsp3) is 0.219. The van der Waals surface area contributed by atoms with Gasteiger partial charge < -0.3 is 30.3 Å². The Bertz CT molecular complexity index is 1780. The number of para-hydroxylation sites is 2. The number of carbonyl (C=O) groups is 1. The Morgan fingerprint density at radius 1 is 0.902 bits per heavy atom. The quantitative estimate of drug-likeness (QED) is 0.191. The summed E-state index contributed by atoms with van der Waals surface area (Å²) >= 11 is 0. The van der Waals surface area contributed by atoms with E-state index in [4.69, 9.17) is 10.5 Å². The van der Waals surface area contributed by atoms with Crippen molar-refractivity contribution < 1.29 is 9.53 Å². The smallest absolute Gasteiger partial charge is 0.234 e. The molecule has 0 aliphatic rings. The van der Waals surface area contributed by atoms with E-state index >= 15 is 0 Å². The van der Waals surface area contributed by atoms with Crippen LogP contribution in [-0.2, 0) is 30.6 Å². The first-order chi connectivity index (χ1) is 20.1. The summed E-state index contributed by atoms with van der Waals surface area (Å²) in [5, 5.41) is 14.8. The third kappa shape index (κ3) is 5.57. The number of methoxy groups -OCH3 is 1. The van der Waals surface area contributed by atoms with E-state index in [1.54, 1.807) is 7.11 Å². The maximum atomic E-state index is 12.6. The summed E-state index contributed by atoms with van der Waals surface area (Å²) in [6, 6.07) is 24.0. The number of nitrogens with two attached hydrogens (primary N) is 1. The summed E-state index contributed by atoms with van der Waals surface area (Å²) in [4.78, 5) is 19.3. The number of hydrogen-bond donors (Lipinski definition) is 4. The number of fused-ring (bicyclic) bond motifs is 2. The fourth-order valence-corrected chi connectivity index (χ4v) is 5.44. The van der Waals surface area contributed by atoms with Gasteiger partial charge in [-0.2, -0.15) is 0 Å². The molecule has 6 rings (SSSR count). The monoisotopic (exact) mass is 547 g/mol. The number of aromatic amines is 2. The molecule has 0 saturated carbocycles. The molecule has 0 aliphatic carbocycles. The zero-order valence-corrected chi connectivity index (χ0v) is 22.9. The van der Waals surface area contributed by atoms with Crippen LogP contribution < -0.4 is 15.8 Å². The summed E-state index contributed by atoms with van der Waals surface area (Å²) in [5.41, 5.74) is 11.3. The maximum absolute atomic E-state index is 12.6. The number of hydrogen-bond acceptors (Lipinski definition) is 5. The highest BCUT2D eigenvalue weighted by Crippen LogP contribution is 2.26. The SMILES string of the molecule is COc1ccc(Cn2c(CCc3c[nH]c4ccccc34)nnc2C(Cc2c[nH]c3ccccc23)NC(=O)CN)cc1. The number of ether oxygens (including phenoxy) is 1. The third-order valence-electron chi connectivity index (χ3n) is 7.58. The average Bonchev–Trinajstić information content (AvgIpc) is 3.73. The van der Waals surface area contributed by atoms with Crippen molar-refractivity contribution in [2.75, 3.05) is 13.7 Å². The molecule has 0 radical (unpaired) electrons. The van der Waals surface area contributed by atoms with E-state index in [0.29, 0.717) is 25.2 Å². The zero-order chi connectivity index (χ0) is 28.2. The van der Waals surface area contributed by atoms with Gasteiger partial charge in [0.1, 0.15) is 11.6 Å². The Labute approximate surface area is 237 Å². The van der Waals surface area contributed by atoms with E-state index in [1.165, 1.54) is 10.9 Å². The van der Waals surface area contributed by atoms with Crippen molar-refractivity contribution in [3.8, 4) is 5.75 Å². The Morgan fingerprint density at radius 3 is 2.24 bits per heavy atom. The van der Waals surface area contributed by atoms with E-state index in [2.05, 4.69) is 60.5 Å². The van der Waals surface area contributed by atoms with Gasteiger partial charge in [0.15, 0.2) is 5.82 Å². The average molecular weight is 548 g/mol. The van der Waals surface area contributed by atoms with Gasteiger partial charge in [0.2, 0.25) is 5.91 Å². The maximum Gasteiger partial charge on any atom is 0.234 e. The highest BCUT2D eigenvalue weighted by atomic mass is 16.5. The largest absolute Gasteiger partial charge is 0.497 e. The number of rotatable bonds is 11. The van der Waals surface area contributed by atoms with Crippen LogP contribution >= 0.6 is 0 Å². The van der Waals surface area contributed by atoms with E-state index < -0.39 is 6.04 Å². The molecule has 5 N–H and O–H groups in total. The highest BCUT2D eigenvalue weighted by Gasteiger charge is 2.25. The Hall–Kier alpha value is -4.89. The summed E-state index contributed by atoms with van der Waals surface area (Å²) in [5.74, 6) is 2.10. The molecular weight excluding hydrogens is 514 g/mol. The van der Waals surface area contributed by atoms with Gasteiger partial charge >= 0.3 is 0 Å². The number of amides is 1. The van der Waals surface area contributed by atoms with Crippen LogP contribution in [0.2, 0.25) is 0 Å². The zero-order valence-electron chi connectivity index (χ0n) is 22.9. The number of H-pyrrole nitrogens is 2. The molecule has 1 amide bonds. The molecule has 6 aromatic rings. The Balaban J connectivity index is 1.36. The van der Waals surface area contributed by atoms with Gasteiger partial charge in [-0.25, -0.2) is 0 Å². The van der Waals surface area contributed by atoms with Crippen molar-refractivity contribution in [2.45, 2.75) is 31.8 Å². The minimum absolute atomic E-state index is 0.107. The van der Waals surface area contributed by atoms with Crippen molar-refractivity contribution in [1.29, 1.82) is 0 Å². The second-order valence-electron chi connectivity index (χ2n) is 10.2. The predicted molar refractivity (Wildman–Crippen MR) is 160 cm³/mol. The topological polar surface area (TPSA) is 127 Å². The first-order valence-corrected chi connectivity index (χ1v) is 13.8. The predicted octanol–water partition coefficient (Wildman–Crippen LogP) is 4.44. The lowest BCUT2D eigenvalue weighted by molar-refractivity contribution is -0.120. The van der Waals surface area contributed by atoms with Gasteiger partial charge in [-0.1, -0.05) is 48.5 Å². The number of benzene rings is 3. The lowest BCUT2D eigenvalue weighted by Gasteiger charge is -2.20. The first-order valence-electron chi connectivity index (χ1n) is 13.8. The fourth-order valence-electron chi connectivity index (χ4n) is 5.44. The van der Waals surface area contributed by atoms with E-state index in [9.17, 15) is 4.79 Å². The van der Waals surface area contributed by atoms with Crippen molar-refractivity contribution in [1.82, 2.24) is 30.0 Å². The number of nitrogens with zero attached hydrogens (tertiary/aromatic N) is 3. The molecule has 0 spiro atoms. The van der Waals surface area contributed by atoms with E-state index in [-0.39, 0.29) is 12.5 Å². The van der Waals surface area contributed by atoms with Crippen molar-refractivity contribution in [2.24, 2.45) is 5.73 Å². The van der Waals surface area contributed by atoms with Crippen molar-refractivity contribution >= 4 is 27.7 Å². The molecule has 1 atom stereocenters. The highest BCUT2D eigenvalue weighted by molar-refractivity contribution is 5.84. The third-order valence-corrected chi connectivity index (χ3v) is 7.58. The molecule has 3 heterocycles. The van der Waals surface area contributed by atoms with Crippen LogP contribution in [-0.4, -0.2) is 44.3 Å². The minimum atomic E-state index is -0.419. The summed E-state index contributed by atoms with van der Waals surface area (Å²) in [6.45, 7) is 0.447. The molecule has 0 fully saturated rings. The van der Waals surface area contributed by atoms with Gasteiger partial charge in [-0.15, -0.1) is 10.2 Å². The van der Waals surface area contributed by atoms with Crippen LogP contribution in [0.25, 0.3) is 21.8 Å². The lowest BCUT2D eigenvalue weighted by atomic mass is 10.0. The molecule has 9 heteroatoms. The number of carbonyl (C=O) groups excluding carboxylic acids is 1. The standard InChI is InChI=1S/C32H33N7O2/c1-41-24-13-10-21(11-14-24)20-39-30(15-12-22-18-34-27-8-4-2-6-25(22)27)37-38-32(39)29(36-31(40)17-33)16-23-19-35-28-9-5-3-7-26(23)28/h2-11,13-14,18-19,29,34-35H,12,15-17,20,33H2,1H3,(H,36,40). The van der Waals surface area contributed by atoms with E-state index in [1.807, 2.05) is 54.7 Å². The van der Waals surface area contributed by atoms with Gasteiger partial charge in [0.25, 0.3) is 0 Å². The molecule has 1 unspecified atom stereocenters. The first kappa shape index (κ1) is 26.3. The summed E-state index contributed by atoms with van der Waals surface area (Å²) in [6.07, 6.45) is 6.09. The normalized spacial score (nSPS) is 12.1. The molecule has 9 nitrogen and oxygen atoms in total. The van der Waals surface area contributed by atoms with Gasteiger partial charge in [-0.3, -0.25) is 4.79 Å². The lowest BCUT2D eigenvalue weighted by Crippen LogP contribution is -2.36. The molecular formula is C32H33N7O2. The number of aryl methyl sites for hydroxylation is 2. The summed E-state index contributed by atoms with van der Waals surface area (Å²) < 4.78 is 7.49. The number of aromatic nitrogens is 5. The molecule has 3 aromatic carbocycles. The molecule has 0 bridgehead atoms. The van der Waals surface area contributed by atoms with E-state index in [0.717, 1.165) is 45.5 Å². The second kappa shape index (κ2) is 11.7. The van der Waals surface area contributed by atoms with Crippen molar-refractivity contribution in [3.05, 3.63) is 114 Å². The minimum Gasteiger partial charge on any atom is -0.497 e. The van der Waals surface area contributed by atoms with Crippen molar-refractivity contribution in [3.63, 3.8) is 0 Å². The van der Waals surface area contributed by atoms with Gasteiger partial charge in [-0.05, 0) is 47.4 Å². The van der Waals surface area contributed by atoms with Crippen LogP contribution in [0.15, 0.2) is 85.2 Å². The van der Waals surface area contributed by atoms with Gasteiger partial charge in [0.05, 0.1) is 26.2 Å². The van der Waals surface area contributed by atoms with Crippen LogP contribution in [0.5, 0.6) is 5.75 Å². The van der Waals surface area contributed by atoms with Crippen LogP contribution in [0.1, 0.15) is 34.4 Å². The molecule has 3 aromatic heterocycles. The van der Waals surface area contributed by atoms with Crippen LogP contribution in [0.3, 0.4) is 0 Å². The van der Waals surface area contributed by atoms with Crippen LogP contribution in [0.4, 0.5) is 0 Å².